The number of carboxylic acids is 2. The third kappa shape index (κ3) is 6.70. The molecule has 1 saturated heterocycles. The summed E-state index contributed by atoms with van der Waals surface area (Å²) >= 11 is 0. The third-order valence-electron chi connectivity index (χ3n) is 7.08. The molecule has 0 radical (unpaired) electrons. The Kier molecular flexibility index (Phi) is 8.71. The number of Topliss-reactive ketones (excluding diaryl/α,β-unsaturated/α-hetero) is 1. The maximum atomic E-state index is 13.1. The van der Waals surface area contributed by atoms with Crippen molar-refractivity contribution in [3.63, 3.8) is 0 Å². The summed E-state index contributed by atoms with van der Waals surface area (Å²) in [5, 5.41) is 26.6. The van der Waals surface area contributed by atoms with Crippen molar-refractivity contribution in [1.29, 1.82) is 0 Å². The molecule has 1 fully saturated rings. The zero-order valence-corrected chi connectivity index (χ0v) is 21.6. The molecule has 0 amide bonds. The van der Waals surface area contributed by atoms with Gasteiger partial charge in [-0.25, -0.2) is 4.68 Å². The third-order valence-corrected chi connectivity index (χ3v) is 7.08. The van der Waals surface area contributed by atoms with Crippen LogP contribution in [-0.2, 0) is 27.0 Å². The topological polar surface area (TPSA) is 158 Å². The van der Waals surface area contributed by atoms with Crippen LogP contribution in [-0.4, -0.2) is 62.7 Å². The number of benzene rings is 2. The summed E-state index contributed by atoms with van der Waals surface area (Å²) in [4.78, 5) is 50.2. The van der Waals surface area contributed by atoms with Crippen molar-refractivity contribution in [2.45, 2.75) is 38.4 Å². The van der Waals surface area contributed by atoms with Gasteiger partial charge in [0.25, 0.3) is 5.56 Å². The van der Waals surface area contributed by atoms with E-state index in [0.29, 0.717) is 42.2 Å². The molecule has 0 aliphatic carbocycles. The average Bonchev–Trinajstić information content (AvgIpc) is 2.94. The molecule has 4 rings (SSSR count). The summed E-state index contributed by atoms with van der Waals surface area (Å²) in [6.07, 6.45) is -4.71. The molecule has 1 aliphatic heterocycles. The number of halogens is 3. The van der Waals surface area contributed by atoms with Crippen molar-refractivity contribution in [3.8, 4) is 5.75 Å². The lowest BCUT2D eigenvalue weighted by Crippen LogP contribution is -2.43. The minimum Gasteiger partial charge on any atom is -0.493 e. The number of alkyl halides is 3. The number of aromatic nitrogens is 3. The van der Waals surface area contributed by atoms with E-state index in [9.17, 15) is 42.6 Å². The Balaban J connectivity index is 1.50. The second-order valence-electron chi connectivity index (χ2n) is 9.78. The minimum atomic E-state index is -4.73. The Morgan fingerprint density at radius 1 is 1.02 bits per heavy atom. The molecule has 2 aromatic carbocycles. The summed E-state index contributed by atoms with van der Waals surface area (Å²) in [5.41, 5.74) is -4.85. The maximum absolute atomic E-state index is 13.1. The molecule has 0 bridgehead atoms. The normalized spacial score (nSPS) is 14.6. The van der Waals surface area contributed by atoms with Crippen molar-refractivity contribution in [3.05, 3.63) is 63.9 Å². The number of aliphatic carboxylic acids is 2. The first kappa shape index (κ1) is 29.6. The second kappa shape index (κ2) is 12.0. The number of fused-ring (bicyclic) bond motifs is 1. The highest BCUT2D eigenvalue weighted by atomic mass is 19.4. The van der Waals surface area contributed by atoms with Crippen LogP contribution in [0.5, 0.6) is 5.75 Å². The van der Waals surface area contributed by atoms with Crippen LogP contribution in [0.25, 0.3) is 10.9 Å². The number of ketones is 1. The maximum Gasteiger partial charge on any atom is 0.416 e. The lowest BCUT2D eigenvalue weighted by atomic mass is 9.78. The van der Waals surface area contributed by atoms with Crippen molar-refractivity contribution >= 4 is 28.6 Å². The van der Waals surface area contributed by atoms with Gasteiger partial charge in [0, 0.05) is 31.7 Å². The van der Waals surface area contributed by atoms with Gasteiger partial charge in [0.1, 0.15) is 11.3 Å². The smallest absolute Gasteiger partial charge is 0.416 e. The Bertz CT molecular complexity index is 1480. The number of carbonyl (C=O) groups is 3. The molecule has 11 nitrogen and oxygen atoms in total. The van der Waals surface area contributed by atoms with E-state index in [0.717, 1.165) is 25.0 Å². The van der Waals surface area contributed by atoms with Crippen LogP contribution >= 0.6 is 0 Å². The SMILES string of the molecule is O=C(CC(CCn1nnc2ccc(C(F)(F)F)cc2c1=O)(C(=O)O)C(=O)O)c1ccc(OCC2CCOCC2)cc1. The summed E-state index contributed by atoms with van der Waals surface area (Å²) in [5.74, 6) is -3.61. The van der Waals surface area contributed by atoms with Crippen molar-refractivity contribution < 1.29 is 47.2 Å². The molecule has 0 saturated carbocycles. The van der Waals surface area contributed by atoms with Gasteiger partial charge < -0.3 is 19.7 Å². The van der Waals surface area contributed by atoms with E-state index in [1.54, 1.807) is 0 Å². The second-order valence-corrected chi connectivity index (χ2v) is 9.78. The Morgan fingerprint density at radius 2 is 1.68 bits per heavy atom. The number of nitrogens with zero attached hydrogens (tertiary/aromatic N) is 3. The molecule has 1 aliphatic rings. The molecule has 0 atom stereocenters. The number of hydrogen-bond acceptors (Lipinski definition) is 8. The van der Waals surface area contributed by atoms with Crippen molar-refractivity contribution in [2.24, 2.45) is 11.3 Å². The first-order chi connectivity index (χ1) is 19.4. The van der Waals surface area contributed by atoms with Gasteiger partial charge in [0.2, 0.25) is 0 Å². The van der Waals surface area contributed by atoms with Gasteiger partial charge in [-0.2, -0.15) is 13.2 Å². The number of hydrogen-bond donors (Lipinski definition) is 2. The average molecular weight is 578 g/mol. The summed E-state index contributed by atoms with van der Waals surface area (Å²) in [6.45, 7) is 1.16. The Morgan fingerprint density at radius 3 is 2.29 bits per heavy atom. The highest BCUT2D eigenvalue weighted by molar-refractivity contribution is 6.06. The van der Waals surface area contributed by atoms with Crippen LogP contribution in [0, 0.1) is 11.3 Å². The van der Waals surface area contributed by atoms with E-state index in [2.05, 4.69) is 10.3 Å². The Labute approximate surface area is 230 Å². The highest BCUT2D eigenvalue weighted by Gasteiger charge is 2.48. The quantitative estimate of drug-likeness (QED) is 0.255. The summed E-state index contributed by atoms with van der Waals surface area (Å²) in [7, 11) is 0. The highest BCUT2D eigenvalue weighted by Crippen LogP contribution is 2.32. The molecule has 218 valence electrons. The predicted molar refractivity (Wildman–Crippen MR) is 136 cm³/mol. The molecule has 14 heteroatoms. The van der Waals surface area contributed by atoms with Gasteiger partial charge in [0.15, 0.2) is 11.2 Å². The van der Waals surface area contributed by atoms with Crippen LogP contribution in [0.4, 0.5) is 13.2 Å². The van der Waals surface area contributed by atoms with E-state index in [-0.39, 0.29) is 11.1 Å². The van der Waals surface area contributed by atoms with Crippen LogP contribution < -0.4 is 10.3 Å². The van der Waals surface area contributed by atoms with E-state index in [1.807, 2.05) is 0 Å². The van der Waals surface area contributed by atoms with E-state index in [4.69, 9.17) is 9.47 Å². The fourth-order valence-electron chi connectivity index (χ4n) is 4.48. The fraction of sp³-hybridized carbons (Fsp3) is 0.407. The number of aryl methyl sites for hydroxylation is 1. The number of ether oxygens (including phenoxy) is 2. The lowest BCUT2D eigenvalue weighted by Gasteiger charge is -2.24. The molecule has 2 heterocycles. The monoisotopic (exact) mass is 577 g/mol. The zero-order valence-electron chi connectivity index (χ0n) is 21.6. The molecule has 41 heavy (non-hydrogen) atoms. The molecule has 0 unspecified atom stereocenters. The number of carboxylic acid groups (broad SMARTS) is 2. The van der Waals surface area contributed by atoms with Gasteiger partial charge in [-0.05, 0) is 67.6 Å². The fourth-order valence-corrected chi connectivity index (χ4v) is 4.48. The Hall–Kier alpha value is -4.33. The molecule has 3 aromatic rings. The standard InChI is InChI=1S/C27H26F3N3O8/c28-27(29,30)18-3-6-21-20(13-18)23(35)33(32-31-21)10-9-26(24(36)37,25(38)39)14-22(34)17-1-4-19(5-2-17)41-15-16-7-11-40-12-8-16/h1-6,13,16H,7-12,14-15H2,(H,36,37)(H,38,39). The van der Waals surface area contributed by atoms with E-state index in [1.165, 1.54) is 24.3 Å². The van der Waals surface area contributed by atoms with Crippen LogP contribution in [0.3, 0.4) is 0 Å². The first-order valence-corrected chi connectivity index (χ1v) is 12.7. The zero-order chi connectivity index (χ0) is 29.8. The van der Waals surface area contributed by atoms with E-state index >= 15 is 0 Å². The number of rotatable bonds is 11. The van der Waals surface area contributed by atoms with Gasteiger partial charge in [0.05, 0.1) is 17.6 Å². The molecule has 0 spiro atoms. The molecular formula is C27H26F3N3O8. The van der Waals surface area contributed by atoms with E-state index < -0.39 is 65.2 Å². The van der Waals surface area contributed by atoms with Gasteiger partial charge in [-0.1, -0.05) is 5.21 Å². The molecular weight excluding hydrogens is 551 g/mol. The summed E-state index contributed by atoms with van der Waals surface area (Å²) < 4.78 is 51.0. The van der Waals surface area contributed by atoms with Gasteiger partial charge in [-0.3, -0.25) is 19.2 Å². The number of carbonyl (C=O) groups excluding carboxylic acids is 1. The minimum absolute atomic E-state index is 0.0534. The summed E-state index contributed by atoms with van der Waals surface area (Å²) in [6, 6.07) is 8.13. The van der Waals surface area contributed by atoms with Crippen LogP contribution in [0.15, 0.2) is 47.3 Å². The first-order valence-electron chi connectivity index (χ1n) is 12.7. The lowest BCUT2D eigenvalue weighted by molar-refractivity contribution is -0.165. The van der Waals surface area contributed by atoms with Gasteiger partial charge >= 0.3 is 18.1 Å². The largest absolute Gasteiger partial charge is 0.493 e. The van der Waals surface area contributed by atoms with Gasteiger partial charge in [-0.15, -0.1) is 5.10 Å². The molecule has 1 aromatic heterocycles. The molecule has 2 N–H and O–H groups in total. The predicted octanol–water partition coefficient (Wildman–Crippen LogP) is 3.43. The van der Waals surface area contributed by atoms with Crippen molar-refractivity contribution in [2.75, 3.05) is 19.8 Å². The van der Waals surface area contributed by atoms with Crippen molar-refractivity contribution in [1.82, 2.24) is 15.0 Å². The van der Waals surface area contributed by atoms with Crippen LogP contribution in [0.2, 0.25) is 0 Å². The van der Waals surface area contributed by atoms with Crippen LogP contribution in [0.1, 0.15) is 41.6 Å².